The summed E-state index contributed by atoms with van der Waals surface area (Å²) in [6, 6.07) is 8.16. The van der Waals surface area contributed by atoms with Crippen molar-refractivity contribution in [2.75, 3.05) is 0 Å². The molecule has 0 fully saturated rings. The van der Waals surface area contributed by atoms with E-state index >= 15 is 0 Å². The fourth-order valence-electron chi connectivity index (χ4n) is 3.16. The molecule has 0 saturated heterocycles. The van der Waals surface area contributed by atoms with Crippen molar-refractivity contribution in [3.05, 3.63) is 60.6 Å². The van der Waals surface area contributed by atoms with Gasteiger partial charge in [0.05, 0.1) is 14.8 Å². The predicted molar refractivity (Wildman–Crippen MR) is 131 cm³/mol. The van der Waals surface area contributed by atoms with Gasteiger partial charge in [-0.25, -0.2) is 5.26 Å². The van der Waals surface area contributed by atoms with Crippen molar-refractivity contribution in [3.8, 4) is 11.5 Å². The average Bonchev–Trinajstić information content (AvgIpc) is 2.85. The number of phenols is 2. The highest BCUT2D eigenvalue weighted by molar-refractivity contribution is 7.94. The Balaban J connectivity index is 0.000000220. The van der Waals surface area contributed by atoms with Gasteiger partial charge in [0.1, 0.15) is 26.2 Å². The van der Waals surface area contributed by atoms with Gasteiger partial charge in [-0.3, -0.25) is 13.7 Å². The van der Waals surface area contributed by atoms with E-state index in [2.05, 4.69) is 9.37 Å². The van der Waals surface area contributed by atoms with Crippen LogP contribution in [0.1, 0.15) is 2.74 Å². The van der Waals surface area contributed by atoms with E-state index in [9.17, 15) is 35.5 Å². The fourth-order valence-corrected chi connectivity index (χ4v) is 5.50. The molecule has 204 valence electrons. The van der Waals surface area contributed by atoms with Gasteiger partial charge in [0.25, 0.3) is 30.4 Å². The van der Waals surface area contributed by atoms with Crippen LogP contribution in [0.5, 0.6) is 11.5 Å². The van der Waals surface area contributed by atoms with Gasteiger partial charge in [-0.1, -0.05) is 23.2 Å². The first kappa shape index (κ1) is 26.6. The second-order valence-electron chi connectivity index (χ2n) is 7.06. The van der Waals surface area contributed by atoms with E-state index in [0.717, 1.165) is 24.3 Å². The lowest BCUT2D eigenvalue weighted by atomic mass is 10.1. The van der Waals surface area contributed by atoms with Crippen molar-refractivity contribution in [1.82, 2.24) is 0 Å². The molecule has 4 aromatic rings. The van der Waals surface area contributed by atoms with Gasteiger partial charge in [-0.15, -0.1) is 4.33 Å². The minimum atomic E-state index is -4.75. The maximum absolute atomic E-state index is 11.3. The third-order valence-corrected chi connectivity index (χ3v) is 7.89. The highest BCUT2D eigenvalue weighted by atomic mass is 32.2. The predicted octanol–water partition coefficient (Wildman–Crippen LogP) is 3.26. The molecule has 0 aromatic heterocycles. The van der Waals surface area contributed by atoms with Crippen molar-refractivity contribution in [2.24, 2.45) is 0 Å². The van der Waals surface area contributed by atoms with Crippen LogP contribution in [0, 0.1) is 0 Å². The topological polar surface area (TPSA) is 242 Å². The summed E-state index contributed by atoms with van der Waals surface area (Å²) >= 11 is 0.655. The maximum atomic E-state index is 11.3. The summed E-state index contributed by atoms with van der Waals surface area (Å²) in [5.41, 5.74) is 0. The van der Waals surface area contributed by atoms with Crippen molar-refractivity contribution < 1.29 is 66.5 Å². The largest absolute Gasteiger partial charge is 0.507 e. The van der Waals surface area contributed by atoms with Crippen LogP contribution in [0.15, 0.2) is 80.2 Å². The highest BCUT2D eigenvalue weighted by Gasteiger charge is 2.22. The smallest absolute Gasteiger partial charge is 0.298 e. The van der Waals surface area contributed by atoms with E-state index in [1.54, 1.807) is 0 Å². The van der Waals surface area contributed by atoms with Crippen molar-refractivity contribution >= 4 is 63.9 Å². The third-order valence-electron chi connectivity index (χ3n) is 4.66. The van der Waals surface area contributed by atoms with Crippen LogP contribution in [0.25, 0.3) is 21.5 Å². The van der Waals surface area contributed by atoms with Gasteiger partial charge in [0.2, 0.25) is 0 Å². The van der Waals surface area contributed by atoms with Crippen LogP contribution < -0.4 is 0 Å². The number of hydrogen-bond acceptors (Lipinski definition) is 12. The minimum Gasteiger partial charge on any atom is -0.507 e. The standard InChI is InChI=1S/2C10H8O7S2/c11-9-4-7-3-8(18-17-16-12)2-1-6(7)5-10(9)19(13,14)15;11-7-4-5-8(18(12,13)14)6-2-1-3-9(10(6)7)19(15,16)17/h1-5,11-12H,(H,13,14,15);1-5,11H,(H,12,13,14)(H,15,16,17)/i2*4D. The lowest BCUT2D eigenvalue weighted by Crippen LogP contribution is -2.03. The molecule has 6 N–H and O–H groups in total. The highest BCUT2D eigenvalue weighted by Crippen LogP contribution is 2.35. The molecule has 0 aliphatic carbocycles. The molecule has 0 amide bonds. The monoisotopic (exact) mass is 610 g/mol. The SMILES string of the molecule is [2H]c1c(O)c(S(=O)(=O)O)cc2ccc(SOOO)cc12.[2H]c1cc(S(=O)(=O)O)c2cccc(S(=O)(=O)O)c2c1O. The lowest BCUT2D eigenvalue weighted by molar-refractivity contribution is -0.432. The molecule has 0 spiro atoms. The van der Waals surface area contributed by atoms with E-state index < -0.39 is 74.0 Å². The summed E-state index contributed by atoms with van der Waals surface area (Å²) in [6.45, 7) is 0. The Morgan fingerprint density at radius 1 is 0.737 bits per heavy atom. The van der Waals surface area contributed by atoms with Crippen molar-refractivity contribution in [2.45, 2.75) is 19.6 Å². The minimum absolute atomic E-state index is 0.237. The van der Waals surface area contributed by atoms with E-state index in [4.69, 9.17) is 21.7 Å². The van der Waals surface area contributed by atoms with Crippen molar-refractivity contribution in [1.29, 1.82) is 0 Å². The fraction of sp³-hybridized carbons (Fsp3) is 0. The molecule has 4 rings (SSSR count). The number of fused-ring (bicyclic) bond motifs is 2. The van der Waals surface area contributed by atoms with Gasteiger partial charge in [-0.2, -0.15) is 25.3 Å². The summed E-state index contributed by atoms with van der Waals surface area (Å²) in [5.74, 6) is -1.66. The summed E-state index contributed by atoms with van der Waals surface area (Å²) < 4.78 is 114. The third kappa shape index (κ3) is 6.69. The molecule has 14 nitrogen and oxygen atoms in total. The zero-order valence-electron chi connectivity index (χ0n) is 20.2. The second kappa shape index (κ2) is 11.0. The first-order valence-corrected chi connectivity index (χ1v) is 14.5. The molecule has 0 heterocycles. The number of hydrogen-bond donors (Lipinski definition) is 6. The Kier molecular flexibility index (Phi) is 7.68. The Morgan fingerprint density at radius 3 is 1.95 bits per heavy atom. The Hall–Kier alpha value is -3.04. The molecule has 4 aromatic carbocycles. The molecular weight excluding hydrogens is 592 g/mol. The van der Waals surface area contributed by atoms with Crippen LogP contribution >= 0.6 is 12.0 Å². The van der Waals surface area contributed by atoms with Crippen LogP contribution in [0.2, 0.25) is 0 Å². The molecule has 0 aliphatic heterocycles. The number of aromatic hydroxyl groups is 2. The number of benzene rings is 4. The van der Waals surface area contributed by atoms with Gasteiger partial charge in [0, 0.05) is 15.7 Å². The molecule has 18 heteroatoms. The Labute approximate surface area is 221 Å². The zero-order valence-corrected chi connectivity index (χ0v) is 21.5. The molecule has 38 heavy (non-hydrogen) atoms. The van der Waals surface area contributed by atoms with Gasteiger partial charge in [-0.05, 0) is 53.2 Å². The van der Waals surface area contributed by atoms with Crippen LogP contribution in [0.4, 0.5) is 0 Å². The van der Waals surface area contributed by atoms with Crippen LogP contribution in [0.3, 0.4) is 0 Å². The van der Waals surface area contributed by atoms with Gasteiger partial charge < -0.3 is 10.2 Å². The van der Waals surface area contributed by atoms with Crippen LogP contribution in [-0.2, 0) is 39.7 Å². The lowest BCUT2D eigenvalue weighted by Gasteiger charge is -2.08. The summed E-state index contributed by atoms with van der Waals surface area (Å²) in [4.78, 5) is -1.78. The van der Waals surface area contributed by atoms with Crippen molar-refractivity contribution in [3.63, 3.8) is 0 Å². The first-order valence-electron chi connectivity index (χ1n) is 10.5. The van der Waals surface area contributed by atoms with Gasteiger partial charge >= 0.3 is 0 Å². The quantitative estimate of drug-likeness (QED) is 0.0794. The summed E-state index contributed by atoms with van der Waals surface area (Å²) in [7, 11) is -14.1. The molecule has 0 aliphatic rings. The summed E-state index contributed by atoms with van der Waals surface area (Å²) in [5, 5.41) is 30.6. The molecule has 0 atom stereocenters. The van der Waals surface area contributed by atoms with E-state index in [1.165, 1.54) is 18.2 Å². The Bertz CT molecular complexity index is 1930. The molecule has 0 unspecified atom stereocenters. The van der Waals surface area contributed by atoms with E-state index in [-0.39, 0.29) is 10.8 Å². The molecule has 0 bridgehead atoms. The molecular formula is C20H16O14S4. The normalized spacial score (nSPS) is 13.1. The molecule has 0 radical (unpaired) electrons. The van der Waals surface area contributed by atoms with E-state index in [0.29, 0.717) is 28.4 Å². The van der Waals surface area contributed by atoms with E-state index in [1.807, 2.05) is 0 Å². The number of rotatable bonds is 6. The average molecular weight is 611 g/mol. The number of phenolic OH excluding ortho intramolecular Hbond substituents is 2. The summed E-state index contributed by atoms with van der Waals surface area (Å²) in [6.07, 6.45) is 0. The van der Waals surface area contributed by atoms with Gasteiger partial charge in [0.15, 0.2) is 0 Å². The zero-order chi connectivity index (χ0) is 30.2. The second-order valence-corrected chi connectivity index (χ2v) is 12.0. The molecule has 0 saturated carbocycles. The Morgan fingerprint density at radius 2 is 1.37 bits per heavy atom. The maximum Gasteiger partial charge on any atom is 0.298 e. The van der Waals surface area contributed by atoms with Crippen LogP contribution in [-0.4, -0.2) is 54.4 Å². The first-order chi connectivity index (χ1) is 18.4.